The van der Waals surface area contributed by atoms with E-state index in [9.17, 15) is 14.7 Å². The normalized spacial score (nSPS) is 22.0. The second-order valence-electron chi connectivity index (χ2n) is 18.3. The highest BCUT2D eigenvalue weighted by molar-refractivity contribution is 6.91. The van der Waals surface area contributed by atoms with Gasteiger partial charge in [0.15, 0.2) is 11.4 Å². The summed E-state index contributed by atoms with van der Waals surface area (Å²) in [6, 6.07) is 44.0. The van der Waals surface area contributed by atoms with Gasteiger partial charge in [0.05, 0.1) is 70.9 Å². The van der Waals surface area contributed by atoms with Gasteiger partial charge in [0, 0.05) is 23.7 Å². The smallest absolute Gasteiger partial charge is 0.266 e. The molecule has 336 valence electrons. The van der Waals surface area contributed by atoms with E-state index in [-0.39, 0.29) is 54.8 Å². The fraction of sp³-hybridized carbons (Fsp3) is 0.278. The zero-order chi connectivity index (χ0) is 45.9. The Bertz CT molecular complexity index is 2850. The number of rotatable bonds is 10. The third kappa shape index (κ3) is 7.06. The van der Waals surface area contributed by atoms with Crippen molar-refractivity contribution in [2.75, 3.05) is 30.6 Å². The summed E-state index contributed by atoms with van der Waals surface area (Å²) in [5, 5.41) is 11.7. The zero-order valence-corrected chi connectivity index (χ0v) is 38.8. The van der Waals surface area contributed by atoms with Gasteiger partial charge in [-0.1, -0.05) is 98.0 Å². The molecule has 12 heteroatoms. The monoisotopic (exact) mass is 899 g/mol. The number of ether oxygens (including phenoxy) is 4. The van der Waals surface area contributed by atoms with Gasteiger partial charge in [-0.25, -0.2) is 0 Å². The Morgan fingerprint density at radius 1 is 0.788 bits per heavy atom. The highest BCUT2D eigenvalue weighted by atomic mass is 28.3. The molecule has 1 spiro atoms. The van der Waals surface area contributed by atoms with Gasteiger partial charge in [0.1, 0.15) is 17.2 Å². The van der Waals surface area contributed by atoms with Crippen molar-refractivity contribution in [1.29, 1.82) is 0 Å². The van der Waals surface area contributed by atoms with Crippen LogP contribution in [0, 0.1) is 5.92 Å². The Balaban J connectivity index is 1.01. The number of aliphatic hydroxyl groups excluding tert-OH is 1. The van der Waals surface area contributed by atoms with E-state index >= 15 is 4.79 Å². The highest BCUT2D eigenvalue weighted by Gasteiger charge is 2.66. The zero-order valence-electron chi connectivity index (χ0n) is 37.8. The van der Waals surface area contributed by atoms with Crippen LogP contribution in [0.2, 0.25) is 18.6 Å². The molecule has 11 nitrogen and oxygen atoms in total. The van der Waals surface area contributed by atoms with Crippen LogP contribution in [-0.4, -0.2) is 68.8 Å². The van der Waals surface area contributed by atoms with Crippen LogP contribution in [0.25, 0.3) is 0 Å². The van der Waals surface area contributed by atoms with E-state index < -0.39 is 19.8 Å². The summed E-state index contributed by atoms with van der Waals surface area (Å²) in [6.45, 7) is 7.17. The number of hydrogen-bond acceptors (Lipinski definition) is 8. The average molecular weight is 900 g/mol. The number of aliphatic hydroxyl groups is 1. The largest absolute Gasteiger partial charge is 0.497 e. The van der Waals surface area contributed by atoms with Crippen LogP contribution < -0.4 is 29.2 Å². The van der Waals surface area contributed by atoms with E-state index in [1.165, 1.54) is 0 Å². The molecule has 3 amide bonds. The average Bonchev–Trinajstić information content (AvgIpc) is 3.71. The molecule has 0 saturated carbocycles. The van der Waals surface area contributed by atoms with Crippen molar-refractivity contribution in [2.24, 2.45) is 5.92 Å². The van der Waals surface area contributed by atoms with Gasteiger partial charge in [-0.3, -0.25) is 19.3 Å². The minimum atomic E-state index is -2.59. The number of nitrogens with zero attached hydrogens (tertiary/aromatic N) is 3. The minimum Gasteiger partial charge on any atom is -0.497 e. The number of carbonyl (C=O) groups excluding carboxylic acids is 3. The van der Waals surface area contributed by atoms with Crippen LogP contribution in [0.4, 0.5) is 17.1 Å². The lowest BCUT2D eigenvalue weighted by atomic mass is 9.82. The molecule has 66 heavy (non-hydrogen) atoms. The van der Waals surface area contributed by atoms with E-state index in [1.54, 1.807) is 41.1 Å². The molecular weight excluding hydrogens is 847 g/mol. The second kappa shape index (κ2) is 16.9. The van der Waals surface area contributed by atoms with Gasteiger partial charge in [-0.05, 0) is 95.4 Å². The van der Waals surface area contributed by atoms with Crippen molar-refractivity contribution in [3.63, 3.8) is 0 Å². The first-order chi connectivity index (χ1) is 32.0. The van der Waals surface area contributed by atoms with E-state index in [0.29, 0.717) is 58.4 Å². The molecule has 1 N–H and O–H groups in total. The summed E-state index contributed by atoms with van der Waals surface area (Å²) in [4.78, 5) is 49.9. The van der Waals surface area contributed by atoms with Gasteiger partial charge in [-0.2, -0.15) is 0 Å². The fourth-order valence-electron chi connectivity index (χ4n) is 11.1. The van der Waals surface area contributed by atoms with Crippen LogP contribution in [0.5, 0.6) is 23.0 Å². The van der Waals surface area contributed by atoms with E-state index in [2.05, 4.69) is 38.2 Å². The van der Waals surface area contributed by atoms with Crippen molar-refractivity contribution in [3.8, 4) is 23.0 Å². The lowest BCUT2D eigenvalue weighted by Crippen LogP contribution is -2.52. The first-order valence-corrected chi connectivity index (χ1v) is 25.6. The Hall–Kier alpha value is -6.73. The molecule has 0 aromatic heterocycles. The topological polar surface area (TPSA) is 118 Å². The van der Waals surface area contributed by atoms with Crippen LogP contribution in [-0.2, 0) is 39.4 Å². The Morgan fingerprint density at radius 2 is 1.45 bits per heavy atom. The summed E-state index contributed by atoms with van der Waals surface area (Å²) >= 11 is 0. The SMILES string of the molecule is COc1ccc([Si](C)(C)[C@@H]2[C@@H](CC(=O)N3Cc4ccccc4C[C@H]3CO)O[C@]3(C(=O)N(Cc4ccc(N5C(=O)c6ccccc6Oc6ccccc65)cc4)c4ccc(OC)cc43)[C@H]2C)cc1. The molecule has 10 rings (SSSR count). The molecule has 0 bridgehead atoms. The molecule has 5 atom stereocenters. The van der Waals surface area contributed by atoms with Crippen molar-refractivity contribution in [2.45, 2.75) is 69.2 Å². The van der Waals surface area contributed by atoms with Crippen LogP contribution in [0.1, 0.15) is 46.0 Å². The third-order valence-corrected chi connectivity index (χ3v) is 18.8. The van der Waals surface area contributed by atoms with Crippen LogP contribution in [0.3, 0.4) is 0 Å². The van der Waals surface area contributed by atoms with E-state index in [0.717, 1.165) is 27.6 Å². The predicted molar refractivity (Wildman–Crippen MR) is 256 cm³/mol. The maximum Gasteiger partial charge on any atom is 0.266 e. The molecule has 6 aromatic carbocycles. The summed E-state index contributed by atoms with van der Waals surface area (Å²) in [5.41, 5.74) is 4.57. The first kappa shape index (κ1) is 43.2. The van der Waals surface area contributed by atoms with E-state index in [1.807, 2.05) is 109 Å². The molecule has 1 saturated heterocycles. The van der Waals surface area contributed by atoms with Gasteiger partial charge < -0.3 is 33.9 Å². The molecule has 4 heterocycles. The lowest BCUT2D eigenvalue weighted by molar-refractivity contribution is -0.151. The van der Waals surface area contributed by atoms with Crippen molar-refractivity contribution >= 4 is 48.0 Å². The number of amides is 3. The van der Waals surface area contributed by atoms with Gasteiger partial charge in [0.25, 0.3) is 11.8 Å². The van der Waals surface area contributed by atoms with Gasteiger partial charge in [-0.15, -0.1) is 0 Å². The fourth-order valence-corrected chi connectivity index (χ4v) is 15.1. The maximum absolute atomic E-state index is 15.7. The molecule has 6 aromatic rings. The number of carbonyl (C=O) groups is 3. The molecule has 0 aliphatic carbocycles. The van der Waals surface area contributed by atoms with Crippen molar-refractivity contribution in [1.82, 2.24) is 4.90 Å². The van der Waals surface area contributed by atoms with E-state index in [4.69, 9.17) is 18.9 Å². The summed E-state index contributed by atoms with van der Waals surface area (Å²) < 4.78 is 24.9. The second-order valence-corrected chi connectivity index (χ2v) is 23.0. The number of methoxy groups -OCH3 is 2. The number of hydrogen-bond donors (Lipinski definition) is 1. The maximum atomic E-state index is 15.7. The lowest BCUT2D eigenvalue weighted by Gasteiger charge is -2.39. The molecule has 4 aliphatic heterocycles. The number of fused-ring (bicyclic) bond motifs is 5. The summed E-state index contributed by atoms with van der Waals surface area (Å²) in [5.74, 6) is 1.51. The first-order valence-electron chi connectivity index (χ1n) is 22.6. The molecule has 0 radical (unpaired) electrons. The van der Waals surface area contributed by atoms with Gasteiger partial charge in [0.2, 0.25) is 5.91 Å². The van der Waals surface area contributed by atoms with Crippen LogP contribution in [0.15, 0.2) is 140 Å². The Kier molecular flexibility index (Phi) is 11.1. The predicted octanol–water partition coefficient (Wildman–Crippen LogP) is 8.89. The number of benzene rings is 6. The summed E-state index contributed by atoms with van der Waals surface area (Å²) in [6.07, 6.45) is -0.0202. The molecule has 4 aliphatic rings. The minimum absolute atomic E-state index is 0.0456. The van der Waals surface area contributed by atoms with Crippen molar-refractivity contribution < 1.29 is 38.4 Å². The van der Waals surface area contributed by atoms with Crippen LogP contribution >= 0.6 is 0 Å². The molecular formula is C54H53N3O8Si. The molecule has 0 unspecified atom stereocenters. The standard InChI is InChI=1S/C54H53N3O8Si/c1-34-51(66(4,5)42-25-22-40(62-2)23-26-42)49(30-50(59)55-32-37-13-7-6-12-36(37)28-39(55)33-58)65-54(34)44-29-41(63-3)24-27-45(44)56(53(54)61)31-35-18-20-38(21-19-35)57-46-15-9-11-17-48(46)64-47-16-10-8-14-43(47)52(57)60/h6-27,29,34,39,49,51,58H,28,30-33H2,1-5H3/t34-,39-,49+,51-,54+/m0/s1. The number of para-hydroxylation sites is 3. The quantitative estimate of drug-likeness (QED) is 0.136. The van der Waals surface area contributed by atoms with Crippen molar-refractivity contribution in [3.05, 3.63) is 167 Å². The Morgan fingerprint density at radius 3 is 2.18 bits per heavy atom. The molecule has 1 fully saturated rings. The van der Waals surface area contributed by atoms with Gasteiger partial charge >= 0.3 is 0 Å². The Labute approximate surface area is 386 Å². The summed E-state index contributed by atoms with van der Waals surface area (Å²) in [7, 11) is 0.667. The number of anilines is 3. The highest BCUT2D eigenvalue weighted by Crippen LogP contribution is 2.61. The third-order valence-electron chi connectivity index (χ3n) is 14.5.